The Labute approximate surface area is 95.4 Å². The van der Waals surface area contributed by atoms with Gasteiger partial charge in [-0.1, -0.05) is 0 Å². The van der Waals surface area contributed by atoms with Gasteiger partial charge in [0.25, 0.3) is 0 Å². The van der Waals surface area contributed by atoms with Gasteiger partial charge in [-0.05, 0) is 41.3 Å². The smallest absolute Gasteiger partial charge is 0.405 e. The first kappa shape index (κ1) is 9.27. The van der Waals surface area contributed by atoms with E-state index < -0.39 is 6.09 Å². The molecule has 1 aromatic rings. The molecule has 1 aromatic heterocycles. The van der Waals surface area contributed by atoms with E-state index >= 15 is 0 Å². The predicted octanol–water partition coefficient (Wildman–Crippen LogP) is 2.15. The van der Waals surface area contributed by atoms with Crippen LogP contribution in [-0.2, 0) is 5.54 Å². The maximum absolute atomic E-state index is 10.6. The van der Waals surface area contributed by atoms with Gasteiger partial charge in [0.15, 0.2) is 0 Å². The highest BCUT2D eigenvalue weighted by atomic mass is 79.9. The molecule has 5 heteroatoms. The van der Waals surface area contributed by atoms with Crippen LogP contribution in [0.1, 0.15) is 19.3 Å². The second-order valence-corrected chi connectivity index (χ2v) is 5.62. The molecule has 3 saturated carbocycles. The number of rotatable bonds is 2. The van der Waals surface area contributed by atoms with E-state index in [1.165, 1.54) is 0 Å². The number of hydrogen-bond donors (Lipinski definition) is 2. The van der Waals surface area contributed by atoms with Crippen LogP contribution in [-0.4, -0.2) is 21.3 Å². The Balaban J connectivity index is 1.73. The van der Waals surface area contributed by atoms with Crippen LogP contribution in [0.3, 0.4) is 0 Å². The van der Waals surface area contributed by atoms with Crippen LogP contribution in [0.5, 0.6) is 0 Å². The lowest BCUT2D eigenvalue weighted by atomic mass is 9.44. The van der Waals surface area contributed by atoms with Gasteiger partial charge in [-0.25, -0.2) is 4.79 Å². The van der Waals surface area contributed by atoms with Gasteiger partial charge in [0, 0.05) is 16.9 Å². The third-order valence-corrected chi connectivity index (χ3v) is 4.05. The van der Waals surface area contributed by atoms with Crippen molar-refractivity contribution >= 4 is 22.0 Å². The Morgan fingerprint density at radius 2 is 2.20 bits per heavy atom. The molecule has 15 heavy (non-hydrogen) atoms. The van der Waals surface area contributed by atoms with Crippen LogP contribution in [0, 0.1) is 0 Å². The van der Waals surface area contributed by atoms with Gasteiger partial charge >= 0.3 is 6.09 Å². The molecule has 0 unspecified atom stereocenters. The molecule has 4 rings (SSSR count). The summed E-state index contributed by atoms with van der Waals surface area (Å²) in [7, 11) is 0. The minimum absolute atomic E-state index is 0.122. The topological polar surface area (TPSA) is 54.3 Å². The van der Waals surface area contributed by atoms with Gasteiger partial charge < -0.3 is 15.0 Å². The van der Waals surface area contributed by atoms with Gasteiger partial charge in [-0.15, -0.1) is 0 Å². The maximum atomic E-state index is 10.6. The Bertz CT molecular complexity index is 421. The monoisotopic (exact) mass is 270 g/mol. The second-order valence-electron chi connectivity index (χ2n) is 4.70. The molecule has 2 N–H and O–H groups in total. The lowest BCUT2D eigenvalue weighted by molar-refractivity contribution is -0.132. The van der Waals surface area contributed by atoms with Crippen molar-refractivity contribution in [3.8, 4) is 0 Å². The Morgan fingerprint density at radius 3 is 2.67 bits per heavy atom. The Hall–Kier alpha value is -0.970. The first-order valence-electron chi connectivity index (χ1n) is 4.89. The standard InChI is InChI=1S/C10H11BrN2O2/c11-7-1-2-13(3-7)10-4-9(5-10,6-10)12-8(14)15/h1-3,12H,4-6H2,(H,14,15). The highest BCUT2D eigenvalue weighted by Crippen LogP contribution is 2.65. The number of aromatic nitrogens is 1. The van der Waals surface area contributed by atoms with E-state index in [2.05, 4.69) is 32.0 Å². The van der Waals surface area contributed by atoms with Crippen LogP contribution in [0.15, 0.2) is 22.9 Å². The summed E-state index contributed by atoms with van der Waals surface area (Å²) in [5.41, 5.74) is 0.0665. The van der Waals surface area contributed by atoms with Gasteiger partial charge in [0.1, 0.15) is 0 Å². The fourth-order valence-corrected chi connectivity index (χ4v) is 3.37. The van der Waals surface area contributed by atoms with Crippen LogP contribution in [0.4, 0.5) is 4.79 Å². The third kappa shape index (κ3) is 1.16. The van der Waals surface area contributed by atoms with E-state index in [-0.39, 0.29) is 11.1 Å². The summed E-state index contributed by atoms with van der Waals surface area (Å²) in [5.74, 6) is 0. The molecule has 0 spiro atoms. The van der Waals surface area contributed by atoms with Crippen molar-refractivity contribution in [2.45, 2.75) is 30.3 Å². The zero-order chi connectivity index (χ0) is 10.7. The molecular formula is C10H11BrN2O2. The van der Waals surface area contributed by atoms with Gasteiger partial charge in [0.2, 0.25) is 0 Å². The molecule has 1 heterocycles. The number of amides is 1. The van der Waals surface area contributed by atoms with Crippen molar-refractivity contribution in [1.29, 1.82) is 0 Å². The van der Waals surface area contributed by atoms with E-state index in [1.54, 1.807) is 0 Å². The summed E-state index contributed by atoms with van der Waals surface area (Å²) in [5, 5.41) is 11.3. The summed E-state index contributed by atoms with van der Waals surface area (Å²) in [6.45, 7) is 0. The zero-order valence-corrected chi connectivity index (χ0v) is 9.62. The van der Waals surface area contributed by atoms with E-state index in [0.29, 0.717) is 0 Å². The van der Waals surface area contributed by atoms with E-state index in [1.807, 2.05) is 12.3 Å². The summed E-state index contributed by atoms with van der Waals surface area (Å²) in [6, 6.07) is 2.01. The highest BCUT2D eigenvalue weighted by Gasteiger charge is 2.69. The number of carboxylic acid groups (broad SMARTS) is 1. The Kier molecular flexibility index (Phi) is 1.60. The van der Waals surface area contributed by atoms with Gasteiger partial charge in [-0.2, -0.15) is 0 Å². The number of carbonyl (C=O) groups is 1. The van der Waals surface area contributed by atoms with E-state index in [0.717, 1.165) is 23.7 Å². The summed E-state index contributed by atoms with van der Waals surface area (Å²) < 4.78 is 3.27. The highest BCUT2D eigenvalue weighted by molar-refractivity contribution is 9.10. The van der Waals surface area contributed by atoms with Crippen molar-refractivity contribution in [1.82, 2.24) is 9.88 Å². The van der Waals surface area contributed by atoms with Crippen LogP contribution in [0.25, 0.3) is 0 Å². The fourth-order valence-electron chi connectivity index (χ4n) is 3.03. The molecular weight excluding hydrogens is 260 g/mol. The molecule has 0 aliphatic heterocycles. The summed E-state index contributed by atoms with van der Waals surface area (Å²) in [6.07, 6.45) is 5.98. The normalized spacial score (nSPS) is 36.6. The lowest BCUT2D eigenvalue weighted by Gasteiger charge is -2.70. The lowest BCUT2D eigenvalue weighted by Crippen LogP contribution is -2.78. The Morgan fingerprint density at radius 1 is 1.53 bits per heavy atom. The van der Waals surface area contributed by atoms with Crippen molar-refractivity contribution in [3.05, 3.63) is 22.9 Å². The molecule has 4 nitrogen and oxygen atoms in total. The minimum Gasteiger partial charge on any atom is -0.465 e. The van der Waals surface area contributed by atoms with Crippen molar-refractivity contribution < 1.29 is 9.90 Å². The SMILES string of the molecule is O=C(O)NC12CC(n3ccc(Br)c3)(C1)C2. The van der Waals surface area contributed by atoms with Crippen LogP contribution in [0.2, 0.25) is 0 Å². The van der Waals surface area contributed by atoms with Crippen LogP contribution >= 0.6 is 15.9 Å². The predicted molar refractivity (Wildman–Crippen MR) is 57.8 cm³/mol. The van der Waals surface area contributed by atoms with Crippen molar-refractivity contribution in [2.75, 3.05) is 0 Å². The van der Waals surface area contributed by atoms with Gasteiger partial charge in [-0.3, -0.25) is 0 Å². The second kappa shape index (κ2) is 2.58. The average molecular weight is 271 g/mol. The first-order chi connectivity index (χ1) is 7.04. The number of halogens is 1. The van der Waals surface area contributed by atoms with Crippen molar-refractivity contribution in [2.24, 2.45) is 0 Å². The average Bonchev–Trinajstić information content (AvgIpc) is 2.40. The van der Waals surface area contributed by atoms with Gasteiger partial charge in [0.05, 0.1) is 11.1 Å². The van der Waals surface area contributed by atoms with Crippen LogP contribution < -0.4 is 5.32 Å². The molecule has 3 fully saturated rings. The summed E-state index contributed by atoms with van der Waals surface area (Å²) in [4.78, 5) is 10.6. The fraction of sp³-hybridized carbons (Fsp3) is 0.500. The molecule has 0 atom stereocenters. The molecule has 0 aromatic carbocycles. The third-order valence-electron chi connectivity index (χ3n) is 3.58. The molecule has 0 saturated heterocycles. The van der Waals surface area contributed by atoms with E-state index in [9.17, 15) is 4.79 Å². The molecule has 1 amide bonds. The minimum atomic E-state index is -0.906. The molecule has 2 bridgehead atoms. The molecule has 0 radical (unpaired) electrons. The number of nitrogens with zero attached hydrogens (tertiary/aromatic N) is 1. The molecule has 3 aliphatic carbocycles. The zero-order valence-electron chi connectivity index (χ0n) is 8.03. The largest absolute Gasteiger partial charge is 0.465 e. The first-order valence-corrected chi connectivity index (χ1v) is 5.68. The maximum Gasteiger partial charge on any atom is 0.405 e. The number of nitrogens with one attached hydrogen (secondary N) is 1. The van der Waals surface area contributed by atoms with E-state index in [4.69, 9.17) is 5.11 Å². The number of hydrogen-bond acceptors (Lipinski definition) is 1. The van der Waals surface area contributed by atoms with Crippen molar-refractivity contribution in [3.63, 3.8) is 0 Å². The quantitative estimate of drug-likeness (QED) is 0.865. The summed E-state index contributed by atoms with van der Waals surface area (Å²) >= 11 is 3.42. The molecule has 80 valence electrons. The molecule has 3 aliphatic rings.